The van der Waals surface area contributed by atoms with Crippen LogP contribution in [0.3, 0.4) is 0 Å². The average Bonchev–Trinajstić information content (AvgIpc) is 3.25. The fourth-order valence-corrected chi connectivity index (χ4v) is 3.41. The number of halogens is 1. The van der Waals surface area contributed by atoms with Gasteiger partial charge in [0.15, 0.2) is 0 Å². The number of anilines is 1. The fourth-order valence-electron chi connectivity index (χ4n) is 3.20. The maximum Gasteiger partial charge on any atom is 0.250 e. The van der Waals surface area contributed by atoms with Crippen LogP contribution in [-0.4, -0.2) is 38.4 Å². The van der Waals surface area contributed by atoms with E-state index in [9.17, 15) is 10.1 Å². The van der Waals surface area contributed by atoms with Gasteiger partial charge >= 0.3 is 0 Å². The van der Waals surface area contributed by atoms with Crippen LogP contribution in [0.1, 0.15) is 5.56 Å². The molecule has 0 radical (unpaired) electrons. The first kappa shape index (κ1) is 20.3. The monoisotopic (exact) mass is 431 g/mol. The van der Waals surface area contributed by atoms with Crippen LogP contribution in [0.4, 0.5) is 5.95 Å². The summed E-state index contributed by atoms with van der Waals surface area (Å²) < 4.78 is 3.10. The van der Waals surface area contributed by atoms with Crippen LogP contribution in [-0.2, 0) is 7.05 Å². The number of aromatic nitrogens is 5. The normalized spacial score (nSPS) is 10.7. The number of aryl methyl sites for hydroxylation is 1. The Morgan fingerprint density at radius 3 is 2.48 bits per heavy atom. The zero-order valence-electron chi connectivity index (χ0n) is 17.1. The molecule has 3 aromatic heterocycles. The fraction of sp³-hybridized carbons (Fsp3) is 0.136. The van der Waals surface area contributed by atoms with E-state index in [0.29, 0.717) is 33.3 Å². The molecular formula is C22H18ClN7O. The van der Waals surface area contributed by atoms with Gasteiger partial charge in [0.25, 0.3) is 5.56 Å². The highest BCUT2D eigenvalue weighted by Crippen LogP contribution is 2.31. The molecule has 0 saturated heterocycles. The predicted octanol–water partition coefficient (Wildman–Crippen LogP) is 3.29. The topological polar surface area (TPSA) is 92.6 Å². The molecule has 8 nitrogen and oxygen atoms in total. The van der Waals surface area contributed by atoms with Crippen molar-refractivity contribution in [2.24, 2.45) is 7.05 Å². The quantitative estimate of drug-likeness (QED) is 0.492. The number of hydrogen-bond donors (Lipinski definition) is 0. The van der Waals surface area contributed by atoms with Crippen molar-refractivity contribution in [3.8, 4) is 34.0 Å². The highest BCUT2D eigenvalue weighted by Gasteiger charge is 2.15. The van der Waals surface area contributed by atoms with E-state index in [1.54, 1.807) is 71.9 Å². The number of rotatable bonds is 4. The van der Waals surface area contributed by atoms with Gasteiger partial charge in [-0.3, -0.25) is 4.79 Å². The van der Waals surface area contributed by atoms with Gasteiger partial charge in [0, 0.05) is 68.7 Å². The lowest BCUT2D eigenvalue weighted by Crippen LogP contribution is -2.16. The molecule has 154 valence electrons. The first-order chi connectivity index (χ1) is 14.9. The summed E-state index contributed by atoms with van der Waals surface area (Å²) in [5, 5.41) is 14.3. The van der Waals surface area contributed by atoms with Crippen molar-refractivity contribution in [2.75, 3.05) is 19.0 Å². The lowest BCUT2D eigenvalue weighted by Gasteiger charge is -2.12. The lowest BCUT2D eigenvalue weighted by molar-refractivity contribution is 0.863. The van der Waals surface area contributed by atoms with Crippen LogP contribution < -0.4 is 10.5 Å². The minimum Gasteiger partial charge on any atom is -0.347 e. The molecule has 0 atom stereocenters. The van der Waals surface area contributed by atoms with Crippen LogP contribution in [0, 0.1) is 11.3 Å². The van der Waals surface area contributed by atoms with Crippen molar-refractivity contribution in [3.05, 3.63) is 76.2 Å². The van der Waals surface area contributed by atoms with Crippen molar-refractivity contribution in [1.82, 2.24) is 24.3 Å². The van der Waals surface area contributed by atoms with Gasteiger partial charge in [0.05, 0.1) is 22.5 Å². The van der Waals surface area contributed by atoms with Crippen molar-refractivity contribution < 1.29 is 0 Å². The predicted molar refractivity (Wildman–Crippen MR) is 119 cm³/mol. The third-order valence-corrected chi connectivity index (χ3v) is 5.14. The molecule has 0 spiro atoms. The smallest absolute Gasteiger partial charge is 0.250 e. The zero-order valence-corrected chi connectivity index (χ0v) is 17.9. The summed E-state index contributed by atoms with van der Waals surface area (Å²) in [6.45, 7) is 0. The highest BCUT2D eigenvalue weighted by atomic mass is 35.5. The van der Waals surface area contributed by atoms with Gasteiger partial charge in [-0.15, -0.1) is 0 Å². The molecule has 0 unspecified atom stereocenters. The maximum atomic E-state index is 12.4. The summed E-state index contributed by atoms with van der Waals surface area (Å²) in [6.07, 6.45) is 8.61. The van der Waals surface area contributed by atoms with Crippen LogP contribution >= 0.6 is 11.6 Å². The molecule has 31 heavy (non-hydrogen) atoms. The Labute approximate surface area is 183 Å². The summed E-state index contributed by atoms with van der Waals surface area (Å²) >= 11 is 6.16. The summed E-state index contributed by atoms with van der Waals surface area (Å²) in [5.74, 6) is 0.576. The van der Waals surface area contributed by atoms with Crippen LogP contribution in [0.2, 0.25) is 5.02 Å². The number of hydrogen-bond acceptors (Lipinski definition) is 6. The molecule has 0 fully saturated rings. The average molecular weight is 432 g/mol. The molecule has 1 aromatic carbocycles. The largest absolute Gasteiger partial charge is 0.347 e. The third-order valence-electron chi connectivity index (χ3n) is 4.82. The Morgan fingerprint density at radius 1 is 1.06 bits per heavy atom. The first-order valence-electron chi connectivity index (χ1n) is 9.33. The number of nitriles is 1. The number of benzene rings is 1. The molecular weight excluding hydrogens is 414 g/mol. The maximum absolute atomic E-state index is 12.4. The van der Waals surface area contributed by atoms with Crippen molar-refractivity contribution >= 4 is 17.5 Å². The van der Waals surface area contributed by atoms with Gasteiger partial charge in [0.2, 0.25) is 5.95 Å². The Balaban J connectivity index is 1.85. The van der Waals surface area contributed by atoms with E-state index in [4.69, 9.17) is 11.6 Å². The van der Waals surface area contributed by atoms with Crippen LogP contribution in [0.15, 0.2) is 60.0 Å². The van der Waals surface area contributed by atoms with Gasteiger partial charge in [-0.05, 0) is 17.7 Å². The second kappa shape index (κ2) is 8.05. The summed E-state index contributed by atoms with van der Waals surface area (Å²) in [4.78, 5) is 22.9. The minimum absolute atomic E-state index is 0.149. The molecule has 0 N–H and O–H groups in total. The molecule has 0 aliphatic carbocycles. The van der Waals surface area contributed by atoms with E-state index in [1.807, 2.05) is 14.1 Å². The summed E-state index contributed by atoms with van der Waals surface area (Å²) in [6, 6.07) is 8.88. The molecule has 0 saturated carbocycles. The third kappa shape index (κ3) is 3.79. The van der Waals surface area contributed by atoms with Gasteiger partial charge in [-0.1, -0.05) is 17.7 Å². The standard InChI is InChI=1S/C22H18ClN7O/c1-28(2)22-25-9-14(10-26-22)16-7-21(31)29(3)13-18(16)15-11-27-30(12-15)20-6-4-5-19(23)17(20)8-24/h4-7,9-13H,1-3H3. The van der Waals surface area contributed by atoms with Gasteiger partial charge in [-0.25, -0.2) is 14.6 Å². The molecule has 0 amide bonds. The zero-order chi connectivity index (χ0) is 22.1. The SMILES string of the molecule is CN(C)c1ncc(-c2cc(=O)n(C)cc2-c2cnn(-c3cccc(Cl)c3C#N)c2)cn1. The second-order valence-corrected chi connectivity index (χ2v) is 7.54. The van der Waals surface area contributed by atoms with E-state index in [-0.39, 0.29) is 5.56 Å². The van der Waals surface area contributed by atoms with E-state index in [2.05, 4.69) is 21.1 Å². The Kier molecular flexibility index (Phi) is 5.28. The second-order valence-electron chi connectivity index (χ2n) is 7.14. The van der Waals surface area contributed by atoms with Crippen LogP contribution in [0.5, 0.6) is 0 Å². The van der Waals surface area contributed by atoms with E-state index < -0.39 is 0 Å². The van der Waals surface area contributed by atoms with E-state index in [0.717, 1.165) is 11.1 Å². The van der Waals surface area contributed by atoms with Crippen molar-refractivity contribution in [2.45, 2.75) is 0 Å². The molecule has 4 aromatic rings. The number of pyridine rings is 1. The first-order valence-corrected chi connectivity index (χ1v) is 9.71. The van der Waals surface area contributed by atoms with Gasteiger partial charge < -0.3 is 9.47 Å². The summed E-state index contributed by atoms with van der Waals surface area (Å²) in [5.41, 5.74) is 3.73. The molecule has 0 aliphatic heterocycles. The highest BCUT2D eigenvalue weighted by molar-refractivity contribution is 6.32. The Hall–Kier alpha value is -3.96. The molecule has 0 aliphatic rings. The van der Waals surface area contributed by atoms with Crippen molar-refractivity contribution in [3.63, 3.8) is 0 Å². The van der Waals surface area contributed by atoms with E-state index in [1.165, 1.54) is 4.57 Å². The van der Waals surface area contributed by atoms with Gasteiger partial charge in [0.1, 0.15) is 6.07 Å². The van der Waals surface area contributed by atoms with Crippen molar-refractivity contribution in [1.29, 1.82) is 5.26 Å². The van der Waals surface area contributed by atoms with Gasteiger partial charge in [-0.2, -0.15) is 10.4 Å². The lowest BCUT2D eigenvalue weighted by atomic mass is 10.0. The minimum atomic E-state index is -0.149. The Bertz CT molecular complexity index is 1360. The Morgan fingerprint density at radius 2 is 1.81 bits per heavy atom. The number of nitrogens with zero attached hydrogens (tertiary/aromatic N) is 7. The molecule has 4 rings (SSSR count). The van der Waals surface area contributed by atoms with E-state index >= 15 is 0 Å². The molecule has 0 bridgehead atoms. The molecule has 9 heteroatoms. The molecule has 3 heterocycles. The summed E-state index contributed by atoms with van der Waals surface area (Å²) in [7, 11) is 5.41. The van der Waals surface area contributed by atoms with Crippen LogP contribution in [0.25, 0.3) is 27.9 Å².